The third-order valence-electron chi connectivity index (χ3n) is 5.74. The first-order valence-electron chi connectivity index (χ1n) is 11.3. The maximum Gasteiger partial charge on any atom is 0.300 e. The van der Waals surface area contributed by atoms with Crippen molar-refractivity contribution in [2.45, 2.75) is 31.9 Å². The zero-order valence-electron chi connectivity index (χ0n) is 19.0. The molecule has 5 rings (SSSR count). The zero-order valence-corrected chi connectivity index (χ0v) is 19.7. The van der Waals surface area contributed by atoms with E-state index in [0.29, 0.717) is 45.4 Å². The van der Waals surface area contributed by atoms with E-state index in [2.05, 4.69) is 32.8 Å². The van der Waals surface area contributed by atoms with Crippen LogP contribution in [0.5, 0.6) is 17.2 Å². The van der Waals surface area contributed by atoms with Crippen LogP contribution >= 0.6 is 11.6 Å². The van der Waals surface area contributed by atoms with Crippen molar-refractivity contribution in [3.05, 3.63) is 59.8 Å². The Bertz CT molecular complexity index is 1290. The maximum atomic E-state index is 6.38. The van der Waals surface area contributed by atoms with E-state index in [0.717, 1.165) is 30.9 Å². The lowest BCUT2D eigenvalue weighted by molar-refractivity contribution is 0.180. The number of ether oxygens (including phenoxy) is 2. The molecule has 4 aromatic rings. The molecule has 1 aliphatic rings. The Morgan fingerprint density at radius 3 is 2.85 bits per heavy atom. The van der Waals surface area contributed by atoms with Gasteiger partial charge in [-0.2, -0.15) is 4.98 Å². The van der Waals surface area contributed by atoms with Gasteiger partial charge in [-0.15, -0.1) is 0 Å². The molecule has 34 heavy (non-hydrogen) atoms. The third-order valence-corrected chi connectivity index (χ3v) is 6.05. The van der Waals surface area contributed by atoms with E-state index < -0.39 is 0 Å². The number of oxazole rings is 1. The van der Waals surface area contributed by atoms with Crippen LogP contribution in [0.3, 0.4) is 0 Å². The number of halogens is 1. The zero-order chi connectivity index (χ0) is 23.5. The molecular formula is C25H26ClN5O3. The Labute approximate surface area is 202 Å². The fourth-order valence-corrected chi connectivity index (χ4v) is 4.12. The SMILES string of the molecule is CNc1cc(Oc2ccc3oc(Nc4ccc(Cl)c(OC(C)[C@@H]5CCCN5)c4)nc3c2)ccn1. The quantitative estimate of drug-likeness (QED) is 0.284. The van der Waals surface area contributed by atoms with Crippen molar-refractivity contribution in [3.63, 3.8) is 0 Å². The molecule has 2 aromatic heterocycles. The van der Waals surface area contributed by atoms with Gasteiger partial charge in [-0.3, -0.25) is 0 Å². The number of hydrogen-bond donors (Lipinski definition) is 3. The highest BCUT2D eigenvalue weighted by atomic mass is 35.5. The number of rotatable bonds is 8. The van der Waals surface area contributed by atoms with Crippen LogP contribution in [0.4, 0.5) is 17.5 Å². The summed E-state index contributed by atoms with van der Waals surface area (Å²) in [7, 11) is 1.81. The first kappa shape index (κ1) is 22.3. The van der Waals surface area contributed by atoms with E-state index in [-0.39, 0.29) is 6.10 Å². The summed E-state index contributed by atoms with van der Waals surface area (Å²) in [4.78, 5) is 8.75. The summed E-state index contributed by atoms with van der Waals surface area (Å²) in [6.07, 6.45) is 3.97. The standard InChI is InChI=1S/C25H26ClN5O3/c1-15(20-4-3-10-28-20)32-23-12-16(5-7-19(23)26)30-25-31-21-13-17(6-8-22(21)34-25)33-18-9-11-29-24(14-18)27-2/h5-9,11-15,20,28H,3-4,10H2,1-2H3,(H,27,29)(H,30,31)/t15?,20-/m0/s1. The fourth-order valence-electron chi connectivity index (χ4n) is 3.96. The molecule has 0 spiro atoms. The number of aromatic nitrogens is 2. The lowest BCUT2D eigenvalue weighted by Crippen LogP contribution is -2.36. The predicted octanol–water partition coefficient (Wildman–Crippen LogP) is 5.97. The molecule has 8 nitrogen and oxygen atoms in total. The molecule has 1 aliphatic heterocycles. The molecule has 1 saturated heterocycles. The van der Waals surface area contributed by atoms with Crippen LogP contribution < -0.4 is 25.4 Å². The van der Waals surface area contributed by atoms with Crippen molar-refractivity contribution >= 4 is 40.2 Å². The smallest absolute Gasteiger partial charge is 0.300 e. The van der Waals surface area contributed by atoms with Gasteiger partial charge in [0.1, 0.15) is 34.7 Å². The molecule has 2 atom stereocenters. The van der Waals surface area contributed by atoms with Gasteiger partial charge in [0, 0.05) is 43.2 Å². The number of nitrogens with one attached hydrogen (secondary N) is 3. The topological polar surface area (TPSA) is 93.5 Å². The number of nitrogens with zero attached hydrogens (tertiary/aromatic N) is 2. The van der Waals surface area contributed by atoms with E-state index in [1.165, 1.54) is 0 Å². The Balaban J connectivity index is 1.30. The largest absolute Gasteiger partial charge is 0.487 e. The number of anilines is 3. The molecule has 3 heterocycles. The number of fused-ring (bicyclic) bond motifs is 1. The van der Waals surface area contributed by atoms with Gasteiger partial charge in [0.05, 0.1) is 5.02 Å². The highest BCUT2D eigenvalue weighted by Gasteiger charge is 2.23. The Morgan fingerprint density at radius 2 is 2.03 bits per heavy atom. The van der Waals surface area contributed by atoms with Gasteiger partial charge < -0.3 is 29.8 Å². The first-order chi connectivity index (χ1) is 16.6. The van der Waals surface area contributed by atoms with E-state index in [9.17, 15) is 0 Å². The number of hydrogen-bond acceptors (Lipinski definition) is 8. The van der Waals surface area contributed by atoms with Crippen LogP contribution in [0.25, 0.3) is 11.1 Å². The Morgan fingerprint density at radius 1 is 1.15 bits per heavy atom. The van der Waals surface area contributed by atoms with Crippen molar-refractivity contribution in [2.75, 3.05) is 24.2 Å². The van der Waals surface area contributed by atoms with Crippen LogP contribution in [0.1, 0.15) is 19.8 Å². The molecule has 0 radical (unpaired) electrons. The normalized spacial score (nSPS) is 16.4. The lowest BCUT2D eigenvalue weighted by atomic mass is 10.1. The molecule has 0 bridgehead atoms. The van der Waals surface area contributed by atoms with Gasteiger partial charge in [-0.05, 0) is 56.6 Å². The summed E-state index contributed by atoms with van der Waals surface area (Å²) in [5, 5.41) is 10.2. The minimum absolute atomic E-state index is 0.0163. The van der Waals surface area contributed by atoms with Gasteiger partial charge in [-0.25, -0.2) is 4.98 Å². The van der Waals surface area contributed by atoms with Gasteiger partial charge in [0.2, 0.25) is 0 Å². The van der Waals surface area contributed by atoms with Crippen molar-refractivity contribution in [1.29, 1.82) is 0 Å². The summed E-state index contributed by atoms with van der Waals surface area (Å²) in [5.74, 6) is 2.68. The molecule has 1 fully saturated rings. The van der Waals surface area contributed by atoms with Gasteiger partial charge in [0.25, 0.3) is 6.01 Å². The Hall–Kier alpha value is -3.49. The summed E-state index contributed by atoms with van der Waals surface area (Å²) in [6.45, 7) is 3.09. The van der Waals surface area contributed by atoms with Crippen molar-refractivity contribution in [3.8, 4) is 17.2 Å². The van der Waals surface area contributed by atoms with E-state index in [4.69, 9.17) is 25.5 Å². The Kier molecular flexibility index (Phi) is 6.42. The van der Waals surface area contributed by atoms with Crippen molar-refractivity contribution in [2.24, 2.45) is 0 Å². The maximum absolute atomic E-state index is 6.38. The summed E-state index contributed by atoms with van der Waals surface area (Å²) < 4.78 is 18.0. The molecule has 0 amide bonds. The average molecular weight is 480 g/mol. The second kappa shape index (κ2) is 9.79. The molecule has 0 saturated carbocycles. The van der Waals surface area contributed by atoms with Crippen LogP contribution in [-0.4, -0.2) is 35.7 Å². The van der Waals surface area contributed by atoms with E-state index in [1.807, 2.05) is 43.4 Å². The number of benzene rings is 2. The fraction of sp³-hybridized carbons (Fsp3) is 0.280. The molecule has 176 valence electrons. The molecule has 0 aliphatic carbocycles. The summed E-state index contributed by atoms with van der Waals surface area (Å²) in [6, 6.07) is 15.3. The summed E-state index contributed by atoms with van der Waals surface area (Å²) >= 11 is 6.38. The molecular weight excluding hydrogens is 454 g/mol. The van der Waals surface area contributed by atoms with Gasteiger partial charge in [0.15, 0.2) is 5.58 Å². The minimum atomic E-state index is 0.0163. The molecule has 1 unspecified atom stereocenters. The molecule has 3 N–H and O–H groups in total. The number of pyridine rings is 1. The lowest BCUT2D eigenvalue weighted by Gasteiger charge is -2.22. The van der Waals surface area contributed by atoms with Crippen LogP contribution in [0, 0.1) is 0 Å². The first-order valence-corrected chi connectivity index (χ1v) is 11.6. The second-order valence-corrected chi connectivity index (χ2v) is 8.58. The van der Waals surface area contributed by atoms with E-state index in [1.54, 1.807) is 18.3 Å². The van der Waals surface area contributed by atoms with E-state index >= 15 is 0 Å². The van der Waals surface area contributed by atoms with Gasteiger partial charge in [-0.1, -0.05) is 11.6 Å². The highest BCUT2D eigenvalue weighted by molar-refractivity contribution is 6.32. The highest BCUT2D eigenvalue weighted by Crippen LogP contribution is 2.33. The van der Waals surface area contributed by atoms with Crippen molar-refractivity contribution < 1.29 is 13.9 Å². The molecule has 2 aromatic carbocycles. The average Bonchev–Trinajstić information content (AvgIpc) is 3.51. The molecule has 9 heteroatoms. The summed E-state index contributed by atoms with van der Waals surface area (Å²) in [5.41, 5.74) is 2.09. The van der Waals surface area contributed by atoms with Crippen LogP contribution in [0.2, 0.25) is 5.02 Å². The van der Waals surface area contributed by atoms with Crippen molar-refractivity contribution in [1.82, 2.24) is 15.3 Å². The van der Waals surface area contributed by atoms with Crippen LogP contribution in [0.15, 0.2) is 59.1 Å². The third kappa shape index (κ3) is 5.03. The van der Waals surface area contributed by atoms with Crippen LogP contribution in [-0.2, 0) is 0 Å². The second-order valence-electron chi connectivity index (χ2n) is 8.17. The minimum Gasteiger partial charge on any atom is -0.487 e. The monoisotopic (exact) mass is 479 g/mol. The predicted molar refractivity (Wildman–Crippen MR) is 134 cm³/mol. The van der Waals surface area contributed by atoms with Gasteiger partial charge >= 0.3 is 0 Å².